The van der Waals surface area contributed by atoms with Crippen LogP contribution in [-0.2, 0) is 4.79 Å². The van der Waals surface area contributed by atoms with E-state index in [9.17, 15) is 0 Å². The molecule has 0 fully saturated rings. The molecule has 0 aromatic heterocycles. The molecule has 0 heterocycles. The molecule has 0 aromatic rings. The second kappa shape index (κ2) is 16.3. The van der Waals surface area contributed by atoms with E-state index < -0.39 is 0 Å². The number of rotatable bonds is 1. The van der Waals surface area contributed by atoms with Crippen molar-refractivity contribution in [3.8, 4) is 0 Å². The number of hydrogen-bond donors (Lipinski definition) is 0. The summed E-state index contributed by atoms with van der Waals surface area (Å²) in [6.45, 7) is 1.76. The summed E-state index contributed by atoms with van der Waals surface area (Å²) < 4.78 is 0. The van der Waals surface area contributed by atoms with Gasteiger partial charge >= 0.3 is 51.4 Å². The Morgan fingerprint density at radius 2 is 1.83 bits per heavy atom. The zero-order valence-corrected chi connectivity index (χ0v) is 7.19. The predicted molar refractivity (Wildman–Crippen MR) is 17.9 cm³/mol. The Balaban J connectivity index is -0.0000000450. The largest absolute Gasteiger partial charge is 1.00 e. The topological polar surface area (TPSA) is 47.1 Å². The van der Waals surface area contributed by atoms with Crippen molar-refractivity contribution < 1.29 is 61.7 Å². The molecule has 0 radical (unpaired) electrons. The molecule has 0 bridgehead atoms. The van der Waals surface area contributed by atoms with Crippen LogP contribution in [0.2, 0.25) is 0 Å². The molecule has 3 heteroatoms. The molecule has 0 rings (SSSR count). The summed E-state index contributed by atoms with van der Waals surface area (Å²) in [7, 11) is 0. The maximum Gasteiger partial charge on any atom is 1.00 e. The van der Waals surface area contributed by atoms with Gasteiger partial charge in [-0.05, 0) is 0 Å². The van der Waals surface area contributed by atoms with Gasteiger partial charge in [-0.2, -0.15) is 6.42 Å². The van der Waals surface area contributed by atoms with Gasteiger partial charge in [-0.3, -0.25) is 6.29 Å². The van der Waals surface area contributed by atoms with Crippen LogP contribution in [0.1, 0.15) is 13.3 Å². The summed E-state index contributed by atoms with van der Waals surface area (Å²) in [4.78, 5) is 9.05. The zero-order chi connectivity index (χ0) is 3.41. The minimum atomic E-state index is 0. The van der Waals surface area contributed by atoms with Crippen LogP contribution in [0.4, 0.5) is 0 Å². The number of hydrogen-bond acceptors (Lipinski definition) is 2. The number of carbonyl (C=O) groups excluding carboxylic acids is 1. The SMILES string of the molecule is CC[C-]=O.[K+].[OH-]. The van der Waals surface area contributed by atoms with Crippen molar-refractivity contribution in [2.45, 2.75) is 13.3 Å². The Hall–Kier alpha value is 1.27. The Bertz CT molecular complexity index is 22.8. The molecule has 0 unspecified atom stereocenters. The molecule has 2 nitrogen and oxygen atoms in total. The predicted octanol–water partition coefficient (Wildman–Crippen LogP) is -2.67. The Morgan fingerprint density at radius 3 is 1.83 bits per heavy atom. The first-order valence-corrected chi connectivity index (χ1v) is 1.26. The third kappa shape index (κ3) is 18.7. The van der Waals surface area contributed by atoms with Crippen LogP contribution >= 0.6 is 0 Å². The first-order chi connectivity index (χ1) is 1.91. The third-order valence-electron chi connectivity index (χ3n) is 0.144. The van der Waals surface area contributed by atoms with Gasteiger partial charge in [-0.1, -0.05) is 6.92 Å². The average molecular weight is 113 g/mol. The maximum absolute atomic E-state index is 9.05. The van der Waals surface area contributed by atoms with E-state index in [0.717, 1.165) is 0 Å². The maximum atomic E-state index is 9.05. The van der Waals surface area contributed by atoms with Crippen molar-refractivity contribution in [3.63, 3.8) is 0 Å². The molecule has 1 N–H and O–H groups in total. The minimum absolute atomic E-state index is 0. The van der Waals surface area contributed by atoms with E-state index in [4.69, 9.17) is 4.79 Å². The first-order valence-electron chi connectivity index (χ1n) is 1.26. The fourth-order valence-electron chi connectivity index (χ4n) is 0. The fraction of sp³-hybridized carbons (Fsp3) is 0.667. The molecule has 6 heavy (non-hydrogen) atoms. The molecular formula is C3H6KO2-. The summed E-state index contributed by atoms with van der Waals surface area (Å²) in [6, 6.07) is 0. The first kappa shape index (κ1) is 15.7. The van der Waals surface area contributed by atoms with Crippen LogP contribution in [-0.4, -0.2) is 11.8 Å². The normalized spacial score (nSPS) is 4.17. The van der Waals surface area contributed by atoms with Gasteiger partial charge in [0.15, 0.2) is 0 Å². The molecule has 0 aliphatic heterocycles. The zero-order valence-electron chi connectivity index (χ0n) is 4.06. The molecule has 0 amide bonds. The summed E-state index contributed by atoms with van der Waals surface area (Å²) in [5.74, 6) is 0. The van der Waals surface area contributed by atoms with Gasteiger partial charge in [0, 0.05) is 0 Å². The van der Waals surface area contributed by atoms with Crippen molar-refractivity contribution in [2.24, 2.45) is 0 Å². The third-order valence-corrected chi connectivity index (χ3v) is 0.144. The van der Waals surface area contributed by atoms with E-state index in [0.29, 0.717) is 6.42 Å². The van der Waals surface area contributed by atoms with Crippen molar-refractivity contribution >= 4 is 6.29 Å². The summed E-state index contributed by atoms with van der Waals surface area (Å²) in [5, 5.41) is 0. The van der Waals surface area contributed by atoms with Crippen molar-refractivity contribution in [1.29, 1.82) is 0 Å². The van der Waals surface area contributed by atoms with Crippen molar-refractivity contribution in [1.82, 2.24) is 0 Å². The summed E-state index contributed by atoms with van der Waals surface area (Å²) in [6.07, 6.45) is 2.19. The van der Waals surface area contributed by atoms with Crippen molar-refractivity contribution in [2.75, 3.05) is 0 Å². The van der Waals surface area contributed by atoms with Crippen LogP contribution in [0.5, 0.6) is 0 Å². The molecule has 0 saturated heterocycles. The van der Waals surface area contributed by atoms with Crippen LogP contribution in [0.25, 0.3) is 0 Å². The van der Waals surface area contributed by atoms with E-state index in [2.05, 4.69) is 0 Å². The molecule has 0 aliphatic carbocycles. The fourth-order valence-corrected chi connectivity index (χ4v) is 0. The van der Waals surface area contributed by atoms with Gasteiger partial charge in [0.25, 0.3) is 0 Å². The average Bonchev–Trinajstić information content (AvgIpc) is 1.37. The van der Waals surface area contributed by atoms with E-state index in [-0.39, 0.29) is 56.9 Å². The monoisotopic (exact) mass is 113 g/mol. The van der Waals surface area contributed by atoms with Gasteiger partial charge in [0.05, 0.1) is 0 Å². The Kier molecular flexibility index (Phi) is 42.6. The quantitative estimate of drug-likeness (QED) is 0.275. The van der Waals surface area contributed by atoms with Gasteiger partial charge in [-0.25, -0.2) is 0 Å². The smallest absolute Gasteiger partial charge is 0.870 e. The van der Waals surface area contributed by atoms with Gasteiger partial charge in [-0.15, -0.1) is 0 Å². The minimum Gasteiger partial charge on any atom is -0.870 e. The second-order valence-electron chi connectivity index (χ2n) is 0.498. The van der Waals surface area contributed by atoms with E-state index in [1.807, 2.05) is 0 Å². The van der Waals surface area contributed by atoms with E-state index in [1.54, 1.807) is 13.2 Å². The van der Waals surface area contributed by atoms with E-state index in [1.165, 1.54) is 0 Å². The summed E-state index contributed by atoms with van der Waals surface area (Å²) in [5.41, 5.74) is 0. The molecule has 0 aromatic carbocycles. The molecule has 32 valence electrons. The Labute approximate surface area is 80.0 Å². The summed E-state index contributed by atoms with van der Waals surface area (Å²) >= 11 is 0. The van der Waals surface area contributed by atoms with Gasteiger partial charge < -0.3 is 10.3 Å². The van der Waals surface area contributed by atoms with E-state index >= 15 is 0 Å². The molecular weight excluding hydrogens is 107 g/mol. The van der Waals surface area contributed by atoms with Gasteiger partial charge in [0.2, 0.25) is 0 Å². The van der Waals surface area contributed by atoms with Crippen LogP contribution in [0.3, 0.4) is 0 Å². The van der Waals surface area contributed by atoms with Crippen LogP contribution in [0.15, 0.2) is 0 Å². The standard InChI is InChI=1S/C3H5O.K.H2O/c1-2-3-4;;/h2H2,1H3;;1H2/q-1;+1;/p-1. The molecule has 0 saturated carbocycles. The second-order valence-corrected chi connectivity index (χ2v) is 0.498. The molecule has 0 spiro atoms. The molecule has 0 atom stereocenters. The van der Waals surface area contributed by atoms with Crippen molar-refractivity contribution in [3.05, 3.63) is 0 Å². The van der Waals surface area contributed by atoms with Gasteiger partial charge in [0.1, 0.15) is 0 Å². The molecule has 0 aliphatic rings. The van der Waals surface area contributed by atoms with Crippen LogP contribution in [0, 0.1) is 0 Å². The Morgan fingerprint density at radius 1 is 1.67 bits per heavy atom. The van der Waals surface area contributed by atoms with Crippen LogP contribution < -0.4 is 51.4 Å².